The summed E-state index contributed by atoms with van der Waals surface area (Å²) in [7, 11) is 0. The van der Waals surface area contributed by atoms with Crippen LogP contribution in [0.15, 0.2) is 17.9 Å². The third kappa shape index (κ3) is 1.57. The van der Waals surface area contributed by atoms with Crippen molar-refractivity contribution in [3.05, 3.63) is 29.3 Å². The van der Waals surface area contributed by atoms with Gasteiger partial charge in [0.25, 0.3) is 0 Å². The first kappa shape index (κ1) is 7.17. The standard InChI is InChI=1S/C7H6N4S/c1(6-3-10-12-4-6)2-7-8-5-9-11-7/h1-5H,(H,8,9,11)/b2-1+. The van der Waals surface area contributed by atoms with E-state index in [-0.39, 0.29) is 0 Å². The van der Waals surface area contributed by atoms with E-state index in [9.17, 15) is 0 Å². The Labute approximate surface area is 73.1 Å². The van der Waals surface area contributed by atoms with Crippen LogP contribution in [-0.2, 0) is 0 Å². The minimum Gasteiger partial charge on any atom is -0.260 e. The van der Waals surface area contributed by atoms with Gasteiger partial charge in [-0.15, -0.1) is 0 Å². The van der Waals surface area contributed by atoms with Crippen LogP contribution in [-0.4, -0.2) is 19.6 Å². The zero-order valence-electron chi connectivity index (χ0n) is 6.14. The fraction of sp³-hybridized carbons (Fsp3) is 0. The Kier molecular flexibility index (Phi) is 1.96. The smallest absolute Gasteiger partial charge is 0.148 e. The number of hydrogen-bond donors (Lipinski definition) is 1. The van der Waals surface area contributed by atoms with Gasteiger partial charge in [-0.25, -0.2) is 9.36 Å². The van der Waals surface area contributed by atoms with Crippen LogP contribution in [0, 0.1) is 0 Å². The summed E-state index contributed by atoms with van der Waals surface area (Å²) in [5.41, 5.74) is 1.08. The molecule has 2 rings (SSSR count). The van der Waals surface area contributed by atoms with Crippen molar-refractivity contribution < 1.29 is 0 Å². The molecule has 0 bridgehead atoms. The van der Waals surface area contributed by atoms with Gasteiger partial charge in [-0.2, -0.15) is 5.10 Å². The first-order valence-corrected chi connectivity index (χ1v) is 4.21. The molecule has 0 aliphatic rings. The lowest BCUT2D eigenvalue weighted by molar-refractivity contribution is 1.08. The molecule has 0 aliphatic heterocycles. The molecule has 0 aromatic carbocycles. The lowest BCUT2D eigenvalue weighted by Gasteiger charge is -1.80. The lowest BCUT2D eigenvalue weighted by Crippen LogP contribution is -1.73. The van der Waals surface area contributed by atoms with Gasteiger partial charge in [0.1, 0.15) is 12.2 Å². The lowest BCUT2D eigenvalue weighted by atomic mass is 10.3. The summed E-state index contributed by atoms with van der Waals surface area (Å²) < 4.78 is 3.97. The Balaban J connectivity index is 2.14. The predicted octanol–water partition coefficient (Wildman–Crippen LogP) is 1.43. The van der Waals surface area contributed by atoms with Gasteiger partial charge in [0.2, 0.25) is 0 Å². The second kappa shape index (κ2) is 3.27. The predicted molar refractivity (Wildman–Crippen MR) is 47.4 cm³/mol. The summed E-state index contributed by atoms with van der Waals surface area (Å²) in [4.78, 5) is 3.95. The van der Waals surface area contributed by atoms with Gasteiger partial charge >= 0.3 is 0 Å². The molecule has 2 aromatic heterocycles. The minimum atomic E-state index is 0.751. The van der Waals surface area contributed by atoms with Crippen molar-refractivity contribution in [3.8, 4) is 0 Å². The van der Waals surface area contributed by atoms with Gasteiger partial charge in [-0.1, -0.05) is 0 Å². The average Bonchev–Trinajstić information content (AvgIpc) is 2.74. The molecule has 1 N–H and O–H groups in total. The van der Waals surface area contributed by atoms with Gasteiger partial charge in [-0.05, 0) is 23.7 Å². The van der Waals surface area contributed by atoms with E-state index in [0.29, 0.717) is 0 Å². The number of hydrogen-bond acceptors (Lipinski definition) is 4. The number of aromatic nitrogens is 4. The molecule has 2 aromatic rings. The van der Waals surface area contributed by atoms with E-state index in [2.05, 4.69) is 19.6 Å². The van der Waals surface area contributed by atoms with Crippen LogP contribution in [0.2, 0.25) is 0 Å². The Morgan fingerprint density at radius 2 is 2.42 bits per heavy atom. The fourth-order valence-electron chi connectivity index (χ4n) is 0.766. The normalized spacial score (nSPS) is 11.0. The highest BCUT2D eigenvalue weighted by molar-refractivity contribution is 7.03. The van der Waals surface area contributed by atoms with Gasteiger partial charge in [0.05, 0.1) is 0 Å². The second-order valence-corrected chi connectivity index (χ2v) is 2.82. The van der Waals surface area contributed by atoms with Crippen LogP contribution in [0.1, 0.15) is 11.4 Å². The number of aromatic amines is 1. The van der Waals surface area contributed by atoms with Crippen LogP contribution in [0.4, 0.5) is 0 Å². The number of nitrogens with one attached hydrogen (secondary N) is 1. The Bertz CT molecular complexity index is 312. The summed E-state index contributed by atoms with van der Waals surface area (Å²) in [6, 6.07) is 0. The monoisotopic (exact) mass is 178 g/mol. The molecule has 60 valence electrons. The van der Waals surface area contributed by atoms with Crippen LogP contribution < -0.4 is 0 Å². The molecule has 0 unspecified atom stereocenters. The second-order valence-electron chi connectivity index (χ2n) is 2.16. The van der Waals surface area contributed by atoms with Crippen molar-refractivity contribution in [2.24, 2.45) is 0 Å². The summed E-state index contributed by atoms with van der Waals surface area (Å²) in [6.45, 7) is 0. The number of H-pyrrole nitrogens is 1. The highest BCUT2D eigenvalue weighted by Gasteiger charge is 1.88. The highest BCUT2D eigenvalue weighted by Crippen LogP contribution is 2.05. The van der Waals surface area contributed by atoms with E-state index in [1.54, 1.807) is 6.20 Å². The first-order chi connectivity index (χ1) is 5.95. The van der Waals surface area contributed by atoms with Crippen LogP contribution >= 0.6 is 11.5 Å². The van der Waals surface area contributed by atoms with Gasteiger partial charge < -0.3 is 0 Å². The van der Waals surface area contributed by atoms with Crippen molar-refractivity contribution in [2.45, 2.75) is 0 Å². The summed E-state index contributed by atoms with van der Waals surface area (Å²) in [5, 5.41) is 8.42. The molecule has 0 saturated carbocycles. The Hall–Kier alpha value is -1.49. The zero-order chi connectivity index (χ0) is 8.23. The SMILES string of the molecule is C(=C\c1ncn[nH]1)/c1cnsc1. The number of nitrogens with zero attached hydrogens (tertiary/aromatic N) is 3. The molecule has 0 saturated heterocycles. The molecular formula is C7H6N4S. The van der Waals surface area contributed by atoms with E-state index >= 15 is 0 Å². The topological polar surface area (TPSA) is 54.5 Å². The molecule has 5 heteroatoms. The molecule has 4 nitrogen and oxygen atoms in total. The van der Waals surface area contributed by atoms with E-state index in [1.165, 1.54) is 17.9 Å². The maximum atomic E-state index is 3.97. The van der Waals surface area contributed by atoms with Crippen molar-refractivity contribution in [1.82, 2.24) is 19.6 Å². The van der Waals surface area contributed by atoms with Gasteiger partial charge in [0, 0.05) is 17.1 Å². The summed E-state index contributed by atoms with van der Waals surface area (Å²) in [6.07, 6.45) is 7.07. The van der Waals surface area contributed by atoms with Gasteiger partial charge in [-0.3, -0.25) is 5.10 Å². The maximum absolute atomic E-state index is 3.97. The summed E-state index contributed by atoms with van der Waals surface area (Å²) >= 11 is 1.43. The molecule has 0 spiro atoms. The van der Waals surface area contributed by atoms with Crippen LogP contribution in [0.3, 0.4) is 0 Å². The van der Waals surface area contributed by atoms with Crippen molar-refractivity contribution in [3.63, 3.8) is 0 Å². The van der Waals surface area contributed by atoms with Crippen molar-refractivity contribution >= 4 is 23.7 Å². The van der Waals surface area contributed by atoms with E-state index in [1.807, 2.05) is 17.5 Å². The first-order valence-electron chi connectivity index (χ1n) is 3.38. The summed E-state index contributed by atoms with van der Waals surface area (Å²) in [5.74, 6) is 0.751. The minimum absolute atomic E-state index is 0.751. The van der Waals surface area contributed by atoms with Crippen LogP contribution in [0.25, 0.3) is 12.2 Å². The van der Waals surface area contributed by atoms with Gasteiger partial charge in [0.15, 0.2) is 0 Å². The molecule has 0 amide bonds. The third-order valence-electron chi connectivity index (χ3n) is 1.32. The molecule has 0 fully saturated rings. The van der Waals surface area contributed by atoms with Crippen molar-refractivity contribution in [2.75, 3.05) is 0 Å². The highest BCUT2D eigenvalue weighted by atomic mass is 32.1. The molecule has 0 atom stereocenters. The maximum Gasteiger partial charge on any atom is 0.148 e. The number of rotatable bonds is 2. The Morgan fingerprint density at radius 1 is 1.42 bits per heavy atom. The fourth-order valence-corrected chi connectivity index (χ4v) is 1.27. The van der Waals surface area contributed by atoms with E-state index < -0.39 is 0 Å². The molecule has 0 radical (unpaired) electrons. The average molecular weight is 178 g/mol. The van der Waals surface area contributed by atoms with E-state index in [0.717, 1.165) is 11.4 Å². The Morgan fingerprint density at radius 3 is 3.08 bits per heavy atom. The molecular weight excluding hydrogens is 172 g/mol. The third-order valence-corrected chi connectivity index (χ3v) is 1.92. The molecule has 0 aliphatic carbocycles. The molecule has 2 heterocycles. The van der Waals surface area contributed by atoms with Crippen LogP contribution in [0.5, 0.6) is 0 Å². The van der Waals surface area contributed by atoms with E-state index in [4.69, 9.17) is 0 Å². The zero-order valence-corrected chi connectivity index (χ0v) is 6.95. The van der Waals surface area contributed by atoms with Crippen molar-refractivity contribution in [1.29, 1.82) is 0 Å². The molecule has 12 heavy (non-hydrogen) atoms. The largest absolute Gasteiger partial charge is 0.260 e. The quantitative estimate of drug-likeness (QED) is 0.756.